The average Bonchev–Trinajstić information content (AvgIpc) is 3.65. The Balaban J connectivity index is 1.34. The number of aliphatic hydroxyl groups excluding tert-OH is 1. The molecule has 1 N–H and O–H groups in total. The van der Waals surface area contributed by atoms with Crippen molar-refractivity contribution in [3.05, 3.63) is 71.3 Å². The molecule has 1 aromatic carbocycles. The fraction of sp³-hybridized carbons (Fsp3) is 0.387. The van der Waals surface area contributed by atoms with Gasteiger partial charge < -0.3 is 19.5 Å². The number of amides is 2. The Morgan fingerprint density at radius 1 is 1.05 bits per heavy atom. The monoisotopic (exact) mass is 577 g/mol. The SMILES string of the molecule is O=C1CCC(c2cnc3ccccn23)=C1c1cn2c3c(cc(C(F)(F)F)cc13)CN(C(=O)N1CCC(CO)CC1)CC2. The molecule has 1 aliphatic carbocycles. The molecule has 3 aliphatic rings. The molecule has 2 aliphatic heterocycles. The summed E-state index contributed by atoms with van der Waals surface area (Å²) >= 11 is 0. The molecule has 0 bridgehead atoms. The number of allylic oxidation sites excluding steroid dienone is 2. The molecule has 5 heterocycles. The number of aliphatic hydroxyl groups is 1. The summed E-state index contributed by atoms with van der Waals surface area (Å²) in [4.78, 5) is 34.7. The van der Waals surface area contributed by atoms with Crippen LogP contribution in [0.2, 0.25) is 0 Å². The van der Waals surface area contributed by atoms with Crippen molar-refractivity contribution in [2.75, 3.05) is 26.2 Å². The van der Waals surface area contributed by atoms with E-state index in [-0.39, 0.29) is 37.3 Å². The maximum Gasteiger partial charge on any atom is 0.416 e. The van der Waals surface area contributed by atoms with E-state index in [1.807, 2.05) is 33.4 Å². The van der Waals surface area contributed by atoms with Crippen LogP contribution in [0.5, 0.6) is 0 Å². The molecule has 4 aromatic rings. The van der Waals surface area contributed by atoms with E-state index in [1.54, 1.807) is 22.2 Å². The number of piperidine rings is 1. The van der Waals surface area contributed by atoms with Gasteiger partial charge in [0.2, 0.25) is 0 Å². The van der Waals surface area contributed by atoms with Gasteiger partial charge in [0.15, 0.2) is 5.78 Å². The normalized spacial score (nSPS) is 18.5. The van der Waals surface area contributed by atoms with Gasteiger partial charge in [-0.3, -0.25) is 9.20 Å². The summed E-state index contributed by atoms with van der Waals surface area (Å²) in [5, 5.41) is 9.82. The zero-order valence-corrected chi connectivity index (χ0v) is 22.9. The maximum absolute atomic E-state index is 14.2. The molecule has 11 heteroatoms. The number of hydrogen-bond acceptors (Lipinski definition) is 4. The summed E-state index contributed by atoms with van der Waals surface area (Å²) in [6.45, 7) is 1.86. The van der Waals surface area contributed by atoms with Crippen molar-refractivity contribution < 1.29 is 27.9 Å². The first kappa shape index (κ1) is 26.8. The molecule has 3 aromatic heterocycles. The lowest BCUT2D eigenvalue weighted by Gasteiger charge is -2.35. The van der Waals surface area contributed by atoms with Crippen molar-refractivity contribution in [2.45, 2.75) is 44.9 Å². The van der Waals surface area contributed by atoms with Crippen molar-refractivity contribution in [3.8, 4) is 0 Å². The van der Waals surface area contributed by atoms with E-state index >= 15 is 0 Å². The van der Waals surface area contributed by atoms with Crippen LogP contribution in [-0.4, -0.2) is 66.9 Å². The number of rotatable bonds is 3. The Morgan fingerprint density at radius 3 is 2.62 bits per heavy atom. The highest BCUT2D eigenvalue weighted by molar-refractivity contribution is 6.33. The van der Waals surface area contributed by atoms with E-state index in [0.29, 0.717) is 73.0 Å². The lowest BCUT2D eigenvalue weighted by molar-refractivity contribution is -0.137. The van der Waals surface area contributed by atoms with E-state index in [1.165, 1.54) is 0 Å². The summed E-state index contributed by atoms with van der Waals surface area (Å²) in [6.07, 6.45) is 2.92. The number of likely N-dealkylation sites (tertiary alicyclic amines) is 1. The molecule has 0 unspecified atom stereocenters. The number of alkyl halides is 3. The summed E-state index contributed by atoms with van der Waals surface area (Å²) in [5.41, 5.74) is 3.42. The Kier molecular flexibility index (Phi) is 6.38. The number of urea groups is 1. The van der Waals surface area contributed by atoms with E-state index in [9.17, 15) is 27.9 Å². The third kappa shape index (κ3) is 4.38. The van der Waals surface area contributed by atoms with Crippen molar-refractivity contribution in [3.63, 3.8) is 0 Å². The number of benzene rings is 1. The second-order valence-corrected chi connectivity index (χ2v) is 11.4. The van der Waals surface area contributed by atoms with Crippen LogP contribution in [0.25, 0.3) is 27.7 Å². The second-order valence-electron chi connectivity index (χ2n) is 11.4. The van der Waals surface area contributed by atoms with E-state index < -0.39 is 11.7 Å². The van der Waals surface area contributed by atoms with Crippen LogP contribution in [0, 0.1) is 5.92 Å². The van der Waals surface area contributed by atoms with Gasteiger partial charge in [-0.1, -0.05) is 6.07 Å². The molecule has 42 heavy (non-hydrogen) atoms. The fourth-order valence-electron chi connectivity index (χ4n) is 6.75. The van der Waals surface area contributed by atoms with Gasteiger partial charge in [-0.15, -0.1) is 0 Å². The molecule has 0 radical (unpaired) electrons. The predicted molar refractivity (Wildman–Crippen MR) is 150 cm³/mol. The highest BCUT2D eigenvalue weighted by Crippen LogP contribution is 2.44. The Morgan fingerprint density at radius 2 is 1.86 bits per heavy atom. The summed E-state index contributed by atoms with van der Waals surface area (Å²) in [7, 11) is 0. The number of nitrogens with zero attached hydrogens (tertiary/aromatic N) is 5. The first-order chi connectivity index (χ1) is 20.2. The van der Waals surface area contributed by atoms with Gasteiger partial charge in [0.25, 0.3) is 0 Å². The zero-order valence-electron chi connectivity index (χ0n) is 22.9. The molecule has 1 fully saturated rings. The van der Waals surface area contributed by atoms with Gasteiger partial charge in [-0.2, -0.15) is 13.2 Å². The zero-order chi connectivity index (χ0) is 29.2. The van der Waals surface area contributed by atoms with Crippen molar-refractivity contribution in [1.82, 2.24) is 23.8 Å². The van der Waals surface area contributed by atoms with E-state index in [0.717, 1.165) is 29.0 Å². The maximum atomic E-state index is 14.2. The first-order valence-electron chi connectivity index (χ1n) is 14.3. The highest BCUT2D eigenvalue weighted by atomic mass is 19.4. The highest BCUT2D eigenvalue weighted by Gasteiger charge is 2.36. The predicted octanol–water partition coefficient (Wildman–Crippen LogP) is 5.22. The number of imidazole rings is 1. The number of ketones is 1. The number of carbonyl (C=O) groups excluding carboxylic acids is 2. The lowest BCUT2D eigenvalue weighted by atomic mass is 9.96. The molecule has 0 saturated carbocycles. The number of carbonyl (C=O) groups is 2. The Bertz CT molecular complexity index is 1760. The molecule has 0 spiro atoms. The van der Waals surface area contributed by atoms with Gasteiger partial charge in [-0.25, -0.2) is 9.78 Å². The summed E-state index contributed by atoms with van der Waals surface area (Å²) in [5.74, 6) is 0.0625. The number of pyridine rings is 1. The smallest absolute Gasteiger partial charge is 0.396 e. The Labute approximate surface area is 239 Å². The van der Waals surface area contributed by atoms with Crippen LogP contribution < -0.4 is 0 Å². The van der Waals surface area contributed by atoms with Crippen LogP contribution in [-0.2, 0) is 24.1 Å². The molecule has 0 atom stereocenters. The van der Waals surface area contributed by atoms with E-state index in [2.05, 4.69) is 4.98 Å². The second kappa shape index (κ2) is 10.0. The molecule has 1 saturated heterocycles. The first-order valence-corrected chi connectivity index (χ1v) is 14.3. The quantitative estimate of drug-likeness (QED) is 0.362. The molecule has 8 nitrogen and oxygen atoms in total. The van der Waals surface area contributed by atoms with Crippen molar-refractivity contribution in [1.29, 1.82) is 0 Å². The minimum atomic E-state index is -4.60. The third-order valence-corrected chi connectivity index (χ3v) is 8.94. The molecular formula is C31H30F3N5O3. The van der Waals surface area contributed by atoms with E-state index in [4.69, 9.17) is 0 Å². The fourth-order valence-corrected chi connectivity index (χ4v) is 6.75. The van der Waals surface area contributed by atoms with Crippen LogP contribution in [0.3, 0.4) is 0 Å². The van der Waals surface area contributed by atoms with Gasteiger partial charge in [0.05, 0.1) is 23.0 Å². The minimum absolute atomic E-state index is 0.0374. The minimum Gasteiger partial charge on any atom is -0.396 e. The van der Waals surface area contributed by atoms with Gasteiger partial charge in [-0.05, 0) is 60.6 Å². The summed E-state index contributed by atoms with van der Waals surface area (Å²) < 4.78 is 46.5. The number of Topliss-reactive ketones (excluding diaryl/α,β-unsaturated/α-hetero) is 1. The summed E-state index contributed by atoms with van der Waals surface area (Å²) in [6, 6.07) is 7.69. The largest absolute Gasteiger partial charge is 0.416 e. The molecule has 218 valence electrons. The molecule has 2 amide bonds. The van der Waals surface area contributed by atoms with Gasteiger partial charge in [0, 0.05) is 74.7 Å². The van der Waals surface area contributed by atoms with Crippen LogP contribution in [0.4, 0.5) is 18.0 Å². The number of halogens is 3. The van der Waals surface area contributed by atoms with Crippen molar-refractivity contribution in [2.24, 2.45) is 5.92 Å². The lowest BCUT2D eigenvalue weighted by Crippen LogP contribution is -2.47. The number of aromatic nitrogens is 3. The molecule has 7 rings (SSSR count). The number of fused-ring (bicyclic) bond motifs is 1. The third-order valence-electron chi connectivity index (χ3n) is 8.94. The van der Waals surface area contributed by atoms with Gasteiger partial charge >= 0.3 is 12.2 Å². The Hall–Kier alpha value is -4.12. The van der Waals surface area contributed by atoms with Gasteiger partial charge in [0.1, 0.15) is 5.65 Å². The average molecular weight is 578 g/mol. The van der Waals surface area contributed by atoms with Crippen LogP contribution in [0.15, 0.2) is 48.9 Å². The topological polar surface area (TPSA) is 83.1 Å². The molecular weight excluding hydrogens is 547 g/mol. The van der Waals surface area contributed by atoms with Crippen LogP contribution in [0.1, 0.15) is 48.1 Å². The number of hydrogen-bond donors (Lipinski definition) is 1. The standard InChI is InChI=1S/C31H30F3N5O3/c32-31(33,34)21-13-20-16-38(30(42)36-9-6-19(18-40)7-10-36)12-11-37-17-24(23(14-21)29(20)37)28-22(4-5-26(28)41)25-15-35-27-3-1-2-8-39(25)27/h1-3,8,13-15,17,19,40H,4-7,9-12,16,18H2. The van der Waals surface area contributed by atoms with Crippen LogP contribution >= 0.6 is 0 Å². The van der Waals surface area contributed by atoms with Crippen molar-refractivity contribution >= 4 is 39.5 Å².